The quantitative estimate of drug-likeness (QED) is 0.820. The van der Waals surface area contributed by atoms with Crippen LogP contribution < -0.4 is 5.32 Å². The molecule has 0 saturated carbocycles. The Kier molecular flexibility index (Phi) is 4.87. The van der Waals surface area contributed by atoms with Crippen molar-refractivity contribution in [3.63, 3.8) is 0 Å². The first kappa shape index (κ1) is 16.1. The number of hydrogen-bond donors (Lipinski definition) is 2. The van der Waals surface area contributed by atoms with Crippen LogP contribution in [0, 0.1) is 5.92 Å². The Morgan fingerprint density at radius 2 is 2.05 bits per heavy atom. The number of tetrazole rings is 1. The van der Waals surface area contributed by atoms with Crippen molar-refractivity contribution < 1.29 is 9.90 Å². The molecule has 22 heavy (non-hydrogen) atoms. The highest BCUT2D eigenvalue weighted by Crippen LogP contribution is 2.14. The number of benzene rings is 1. The largest absolute Gasteiger partial charge is 0.388 e. The average molecular weight is 303 g/mol. The second-order valence-electron chi connectivity index (χ2n) is 5.89. The minimum Gasteiger partial charge on any atom is -0.388 e. The topological polar surface area (TPSA) is 92.9 Å². The highest BCUT2D eigenvalue weighted by molar-refractivity contribution is 5.78. The van der Waals surface area contributed by atoms with Gasteiger partial charge in [-0.2, -0.15) is 0 Å². The van der Waals surface area contributed by atoms with Crippen molar-refractivity contribution >= 4 is 5.91 Å². The zero-order chi connectivity index (χ0) is 16.2. The van der Waals surface area contributed by atoms with Crippen LogP contribution in [0.2, 0.25) is 0 Å². The van der Waals surface area contributed by atoms with Crippen LogP contribution >= 0.6 is 0 Å². The molecule has 2 aromatic rings. The molecule has 0 aliphatic carbocycles. The van der Waals surface area contributed by atoms with E-state index in [1.165, 1.54) is 6.33 Å². The predicted molar refractivity (Wildman–Crippen MR) is 81.3 cm³/mol. The van der Waals surface area contributed by atoms with Gasteiger partial charge in [0.15, 0.2) is 0 Å². The molecule has 0 aliphatic heterocycles. The first-order chi connectivity index (χ1) is 10.4. The number of hydrogen-bond acceptors (Lipinski definition) is 5. The van der Waals surface area contributed by atoms with Crippen molar-refractivity contribution in [1.82, 2.24) is 25.5 Å². The van der Waals surface area contributed by atoms with Crippen molar-refractivity contribution in [2.75, 3.05) is 6.54 Å². The summed E-state index contributed by atoms with van der Waals surface area (Å²) in [4.78, 5) is 11.9. The summed E-state index contributed by atoms with van der Waals surface area (Å²) in [5, 5.41) is 23.8. The van der Waals surface area contributed by atoms with Crippen LogP contribution in [0.4, 0.5) is 0 Å². The molecular weight excluding hydrogens is 282 g/mol. The third-order valence-corrected chi connectivity index (χ3v) is 3.80. The summed E-state index contributed by atoms with van der Waals surface area (Å²) >= 11 is 0. The minimum absolute atomic E-state index is 0.0726. The van der Waals surface area contributed by atoms with Crippen molar-refractivity contribution in [3.8, 4) is 5.69 Å². The summed E-state index contributed by atoms with van der Waals surface area (Å²) in [5.41, 5.74) is 0.815. The fraction of sp³-hybridized carbons (Fsp3) is 0.467. The van der Waals surface area contributed by atoms with E-state index in [1.54, 1.807) is 11.6 Å². The van der Waals surface area contributed by atoms with Gasteiger partial charge < -0.3 is 10.4 Å². The molecule has 0 saturated heterocycles. The smallest absolute Gasteiger partial charge is 0.224 e. The molecule has 0 radical (unpaired) electrons. The Hall–Kier alpha value is -2.28. The van der Waals surface area contributed by atoms with Crippen molar-refractivity contribution in [2.45, 2.75) is 32.8 Å². The minimum atomic E-state index is -0.903. The molecule has 0 spiro atoms. The monoisotopic (exact) mass is 303 g/mol. The lowest BCUT2D eigenvalue weighted by atomic mass is 9.92. The lowest BCUT2D eigenvalue weighted by molar-refractivity contribution is -0.122. The summed E-state index contributed by atoms with van der Waals surface area (Å²) in [6.45, 7) is 5.80. The molecular formula is C15H21N5O2. The number of aromatic nitrogens is 4. The third-order valence-electron chi connectivity index (χ3n) is 3.80. The fourth-order valence-corrected chi connectivity index (χ4v) is 1.78. The molecule has 0 aliphatic rings. The van der Waals surface area contributed by atoms with Gasteiger partial charge in [0.25, 0.3) is 0 Å². The summed E-state index contributed by atoms with van der Waals surface area (Å²) in [6.07, 6.45) is 1.78. The molecule has 1 aromatic carbocycles. The molecule has 2 rings (SSSR count). The molecule has 1 amide bonds. The van der Waals surface area contributed by atoms with Gasteiger partial charge in [0.1, 0.15) is 6.33 Å². The van der Waals surface area contributed by atoms with E-state index >= 15 is 0 Å². The van der Waals surface area contributed by atoms with Crippen LogP contribution in [0.1, 0.15) is 26.3 Å². The van der Waals surface area contributed by atoms with E-state index in [0.717, 1.165) is 11.3 Å². The lowest BCUT2D eigenvalue weighted by Crippen LogP contribution is -2.44. The van der Waals surface area contributed by atoms with Gasteiger partial charge in [0, 0.05) is 6.54 Å². The number of carbonyl (C=O) groups excluding carboxylic acids is 1. The lowest BCUT2D eigenvalue weighted by Gasteiger charge is -2.27. The molecule has 7 heteroatoms. The second-order valence-corrected chi connectivity index (χ2v) is 5.89. The second kappa shape index (κ2) is 6.65. The van der Waals surface area contributed by atoms with Crippen LogP contribution in [0.3, 0.4) is 0 Å². The first-order valence-electron chi connectivity index (χ1n) is 7.20. The standard InChI is InChI=1S/C15H21N5O2/c1-11(2)15(3,22)9-16-14(21)8-12-4-6-13(7-5-12)20-10-17-18-19-20/h4-7,10-11,22H,8-9H2,1-3H3,(H,16,21). The van der Waals surface area contributed by atoms with Gasteiger partial charge in [0.05, 0.1) is 17.7 Å². The Morgan fingerprint density at radius 1 is 1.36 bits per heavy atom. The van der Waals surface area contributed by atoms with Crippen LogP contribution in [0.15, 0.2) is 30.6 Å². The van der Waals surface area contributed by atoms with E-state index in [4.69, 9.17) is 0 Å². The third kappa shape index (κ3) is 4.11. The van der Waals surface area contributed by atoms with E-state index in [9.17, 15) is 9.90 Å². The Bertz CT molecular complexity index is 605. The molecule has 1 unspecified atom stereocenters. The van der Waals surface area contributed by atoms with Gasteiger partial charge in [-0.05, 0) is 41.0 Å². The van der Waals surface area contributed by atoms with E-state index < -0.39 is 5.60 Å². The molecule has 118 valence electrons. The molecule has 1 atom stereocenters. The molecule has 7 nitrogen and oxygen atoms in total. The van der Waals surface area contributed by atoms with E-state index in [2.05, 4.69) is 20.8 Å². The van der Waals surface area contributed by atoms with Gasteiger partial charge in [0.2, 0.25) is 5.91 Å². The van der Waals surface area contributed by atoms with Crippen LogP contribution in [0.25, 0.3) is 5.69 Å². The van der Waals surface area contributed by atoms with E-state index in [1.807, 2.05) is 38.1 Å². The Labute approximate surface area is 129 Å². The maximum atomic E-state index is 11.9. The Balaban J connectivity index is 1.90. The molecule has 0 fully saturated rings. The SMILES string of the molecule is CC(C)C(C)(O)CNC(=O)Cc1ccc(-n2cnnn2)cc1. The van der Waals surface area contributed by atoms with Crippen molar-refractivity contribution in [1.29, 1.82) is 0 Å². The van der Waals surface area contributed by atoms with E-state index in [-0.39, 0.29) is 24.8 Å². The van der Waals surface area contributed by atoms with Crippen molar-refractivity contribution in [2.24, 2.45) is 5.92 Å². The summed E-state index contributed by atoms with van der Waals surface area (Å²) in [6, 6.07) is 7.42. The maximum Gasteiger partial charge on any atom is 0.224 e. The molecule has 1 aromatic heterocycles. The van der Waals surface area contributed by atoms with Gasteiger partial charge >= 0.3 is 0 Å². The number of rotatable bonds is 6. The normalized spacial score (nSPS) is 13.9. The molecule has 2 N–H and O–H groups in total. The summed E-state index contributed by atoms with van der Waals surface area (Å²) < 4.78 is 1.55. The van der Waals surface area contributed by atoms with Gasteiger partial charge in [-0.1, -0.05) is 26.0 Å². The average Bonchev–Trinajstić information content (AvgIpc) is 3.00. The van der Waals surface area contributed by atoms with Gasteiger partial charge in [-0.15, -0.1) is 5.10 Å². The summed E-state index contributed by atoms with van der Waals surface area (Å²) in [5.74, 6) is -0.0422. The van der Waals surface area contributed by atoms with Crippen LogP contribution in [-0.2, 0) is 11.2 Å². The van der Waals surface area contributed by atoms with Crippen LogP contribution in [-0.4, -0.2) is 43.4 Å². The number of carbonyl (C=O) groups is 1. The zero-order valence-electron chi connectivity index (χ0n) is 13.0. The van der Waals surface area contributed by atoms with Gasteiger partial charge in [-0.25, -0.2) is 4.68 Å². The number of nitrogens with zero attached hydrogens (tertiary/aromatic N) is 4. The molecule has 0 bridgehead atoms. The van der Waals surface area contributed by atoms with E-state index in [0.29, 0.717) is 0 Å². The van der Waals surface area contributed by atoms with Crippen LogP contribution in [0.5, 0.6) is 0 Å². The maximum absolute atomic E-state index is 11.9. The number of amides is 1. The number of aliphatic hydroxyl groups is 1. The number of nitrogens with one attached hydrogen (secondary N) is 1. The fourth-order valence-electron chi connectivity index (χ4n) is 1.78. The zero-order valence-corrected chi connectivity index (χ0v) is 13.0. The highest BCUT2D eigenvalue weighted by atomic mass is 16.3. The van der Waals surface area contributed by atoms with Gasteiger partial charge in [-0.3, -0.25) is 4.79 Å². The molecule has 1 heterocycles. The summed E-state index contributed by atoms with van der Waals surface area (Å²) in [7, 11) is 0. The predicted octanol–water partition coefficient (Wildman–Crippen LogP) is 0.728. The van der Waals surface area contributed by atoms with Crippen molar-refractivity contribution in [3.05, 3.63) is 36.2 Å². The first-order valence-corrected chi connectivity index (χ1v) is 7.20. The highest BCUT2D eigenvalue weighted by Gasteiger charge is 2.25. The Morgan fingerprint density at radius 3 is 2.59 bits per heavy atom.